The standard InChI is InChI=1S/C21H20N2O5S2/c1-5-12-23-19-16(27-2)10-11-17(28-3)20(19)29-21(23)22-18(24)13-14-6-8-15(9-7-14)30(4,25)26/h1,6-11H,12-13H2,2-4H3. The predicted octanol–water partition coefficient (Wildman–Crippen LogP) is 2.43. The van der Waals surface area contributed by atoms with Crippen LogP contribution in [0.1, 0.15) is 5.56 Å². The maximum Gasteiger partial charge on any atom is 0.252 e. The molecule has 0 aliphatic rings. The first-order chi connectivity index (χ1) is 14.3. The molecular formula is C21H20N2O5S2. The van der Waals surface area contributed by atoms with Crippen molar-refractivity contribution in [2.45, 2.75) is 17.9 Å². The van der Waals surface area contributed by atoms with E-state index in [0.717, 1.165) is 11.0 Å². The molecule has 0 saturated carbocycles. The fourth-order valence-electron chi connectivity index (χ4n) is 2.95. The van der Waals surface area contributed by atoms with Crippen molar-refractivity contribution in [3.05, 3.63) is 46.8 Å². The van der Waals surface area contributed by atoms with Crippen LogP contribution in [0.5, 0.6) is 11.5 Å². The van der Waals surface area contributed by atoms with Gasteiger partial charge >= 0.3 is 0 Å². The number of nitrogens with zero attached hydrogens (tertiary/aromatic N) is 2. The van der Waals surface area contributed by atoms with Crippen LogP contribution >= 0.6 is 11.3 Å². The number of carbonyl (C=O) groups is 1. The van der Waals surface area contributed by atoms with E-state index >= 15 is 0 Å². The molecule has 7 nitrogen and oxygen atoms in total. The van der Waals surface area contributed by atoms with Crippen LogP contribution in [0.25, 0.3) is 10.2 Å². The lowest BCUT2D eigenvalue weighted by Crippen LogP contribution is -2.17. The van der Waals surface area contributed by atoms with Gasteiger partial charge in [-0.2, -0.15) is 4.99 Å². The van der Waals surface area contributed by atoms with Gasteiger partial charge < -0.3 is 14.0 Å². The summed E-state index contributed by atoms with van der Waals surface area (Å²) in [7, 11) is -0.168. The highest BCUT2D eigenvalue weighted by Gasteiger charge is 2.16. The molecule has 0 fully saturated rings. The zero-order valence-electron chi connectivity index (χ0n) is 16.7. The smallest absolute Gasteiger partial charge is 0.252 e. The van der Waals surface area contributed by atoms with E-state index < -0.39 is 9.84 Å². The van der Waals surface area contributed by atoms with E-state index in [4.69, 9.17) is 15.9 Å². The molecule has 1 heterocycles. The minimum atomic E-state index is -3.29. The third-order valence-corrected chi connectivity index (χ3v) is 6.59. The van der Waals surface area contributed by atoms with Crippen molar-refractivity contribution in [2.24, 2.45) is 4.99 Å². The second-order valence-electron chi connectivity index (χ2n) is 6.42. The van der Waals surface area contributed by atoms with Crippen LogP contribution in [0, 0.1) is 12.3 Å². The van der Waals surface area contributed by atoms with E-state index in [1.54, 1.807) is 43.1 Å². The molecule has 0 aliphatic heterocycles. The monoisotopic (exact) mass is 444 g/mol. The third-order valence-electron chi connectivity index (χ3n) is 4.37. The number of sulfone groups is 1. The maximum atomic E-state index is 12.6. The molecule has 30 heavy (non-hydrogen) atoms. The minimum Gasteiger partial charge on any atom is -0.495 e. The number of hydrogen-bond donors (Lipinski definition) is 0. The molecular weight excluding hydrogens is 424 g/mol. The van der Waals surface area contributed by atoms with Crippen LogP contribution in [-0.2, 0) is 27.6 Å². The SMILES string of the molecule is C#CCn1c(=NC(=O)Cc2ccc(S(C)(=O)=O)cc2)sc2c(OC)ccc(OC)c21. The van der Waals surface area contributed by atoms with Gasteiger partial charge in [-0.3, -0.25) is 4.79 Å². The molecule has 3 aromatic rings. The Morgan fingerprint density at radius 1 is 1.13 bits per heavy atom. The summed E-state index contributed by atoms with van der Waals surface area (Å²) >= 11 is 1.28. The topological polar surface area (TPSA) is 87.0 Å². The largest absolute Gasteiger partial charge is 0.495 e. The van der Waals surface area contributed by atoms with Gasteiger partial charge in [-0.05, 0) is 29.8 Å². The quantitative estimate of drug-likeness (QED) is 0.545. The van der Waals surface area contributed by atoms with Crippen LogP contribution in [0.15, 0.2) is 46.3 Å². The predicted molar refractivity (Wildman–Crippen MR) is 116 cm³/mol. The van der Waals surface area contributed by atoms with E-state index in [1.165, 1.54) is 23.5 Å². The number of ether oxygens (including phenoxy) is 2. The van der Waals surface area contributed by atoms with Crippen molar-refractivity contribution in [3.8, 4) is 23.8 Å². The van der Waals surface area contributed by atoms with E-state index in [0.29, 0.717) is 27.4 Å². The Balaban J connectivity index is 2.03. The number of fused-ring (bicyclic) bond motifs is 1. The molecule has 3 rings (SSSR count). The summed E-state index contributed by atoms with van der Waals surface area (Å²) in [5.74, 6) is 3.43. The maximum absolute atomic E-state index is 12.6. The first-order valence-corrected chi connectivity index (χ1v) is 11.5. The number of hydrogen-bond acceptors (Lipinski definition) is 6. The summed E-state index contributed by atoms with van der Waals surface area (Å²) in [4.78, 5) is 17.5. The summed E-state index contributed by atoms with van der Waals surface area (Å²) in [6.07, 6.45) is 6.70. The van der Waals surface area contributed by atoms with Gasteiger partial charge in [-0.25, -0.2) is 8.42 Å². The number of benzene rings is 2. The number of thiazole rings is 1. The number of aromatic nitrogens is 1. The van der Waals surface area contributed by atoms with Gasteiger partial charge in [0, 0.05) is 6.26 Å². The van der Waals surface area contributed by atoms with E-state index in [1.807, 2.05) is 0 Å². The van der Waals surface area contributed by atoms with Crippen molar-refractivity contribution in [3.63, 3.8) is 0 Å². The highest BCUT2D eigenvalue weighted by Crippen LogP contribution is 2.35. The van der Waals surface area contributed by atoms with Gasteiger partial charge in [0.15, 0.2) is 14.6 Å². The first-order valence-electron chi connectivity index (χ1n) is 8.82. The normalized spacial score (nSPS) is 12.0. The van der Waals surface area contributed by atoms with Crippen molar-refractivity contribution in [2.75, 3.05) is 20.5 Å². The third kappa shape index (κ3) is 4.40. The second-order valence-corrected chi connectivity index (χ2v) is 9.41. The fraction of sp³-hybridized carbons (Fsp3) is 0.238. The van der Waals surface area contributed by atoms with Crippen molar-refractivity contribution < 1.29 is 22.7 Å². The molecule has 0 N–H and O–H groups in total. The molecule has 0 atom stereocenters. The van der Waals surface area contributed by atoms with Crippen molar-refractivity contribution in [1.29, 1.82) is 0 Å². The summed E-state index contributed by atoms with van der Waals surface area (Å²) in [5, 5.41) is 0. The summed E-state index contributed by atoms with van der Waals surface area (Å²) in [6, 6.07) is 9.73. The molecule has 2 aromatic carbocycles. The van der Waals surface area contributed by atoms with Crippen molar-refractivity contribution >= 4 is 37.3 Å². The van der Waals surface area contributed by atoms with Gasteiger partial charge in [-0.1, -0.05) is 29.4 Å². The fourth-order valence-corrected chi connectivity index (χ4v) is 4.74. The van der Waals surface area contributed by atoms with Crippen molar-refractivity contribution in [1.82, 2.24) is 4.57 Å². The number of amides is 1. The van der Waals surface area contributed by atoms with Crippen LogP contribution in [-0.4, -0.2) is 39.4 Å². The molecule has 9 heteroatoms. The van der Waals surface area contributed by atoms with Crippen LogP contribution < -0.4 is 14.3 Å². The molecule has 0 bridgehead atoms. The highest BCUT2D eigenvalue weighted by molar-refractivity contribution is 7.90. The zero-order chi connectivity index (χ0) is 21.9. The lowest BCUT2D eigenvalue weighted by atomic mass is 10.1. The van der Waals surface area contributed by atoms with E-state index in [-0.39, 0.29) is 23.8 Å². The summed E-state index contributed by atoms with van der Waals surface area (Å²) in [5.41, 5.74) is 1.37. The Kier molecular flexibility index (Phi) is 6.29. The van der Waals surface area contributed by atoms with E-state index in [2.05, 4.69) is 10.9 Å². The van der Waals surface area contributed by atoms with Gasteiger partial charge in [-0.15, -0.1) is 6.42 Å². The van der Waals surface area contributed by atoms with Crippen LogP contribution in [0.4, 0.5) is 0 Å². The Labute approximate surface area is 178 Å². The Hall–Kier alpha value is -3.09. The molecule has 1 amide bonds. The number of rotatable bonds is 6. The van der Waals surface area contributed by atoms with Gasteiger partial charge in [0.2, 0.25) is 0 Å². The second kappa shape index (κ2) is 8.73. The summed E-state index contributed by atoms with van der Waals surface area (Å²) < 4.78 is 36.5. The lowest BCUT2D eigenvalue weighted by molar-refractivity contribution is -0.117. The molecule has 0 saturated heterocycles. The molecule has 1 aromatic heterocycles. The average Bonchev–Trinajstić information content (AvgIpc) is 3.05. The molecule has 0 radical (unpaired) electrons. The van der Waals surface area contributed by atoms with Gasteiger partial charge in [0.1, 0.15) is 21.7 Å². The number of carbonyl (C=O) groups excluding carboxylic acids is 1. The highest BCUT2D eigenvalue weighted by atomic mass is 32.2. The average molecular weight is 445 g/mol. The Bertz CT molecular complexity index is 1310. The molecule has 0 spiro atoms. The lowest BCUT2D eigenvalue weighted by Gasteiger charge is -2.08. The Morgan fingerprint density at radius 2 is 1.77 bits per heavy atom. The number of terminal acetylenes is 1. The van der Waals surface area contributed by atoms with Crippen LogP contribution in [0.3, 0.4) is 0 Å². The minimum absolute atomic E-state index is 0.0304. The van der Waals surface area contributed by atoms with Crippen LogP contribution in [0.2, 0.25) is 0 Å². The Morgan fingerprint density at radius 3 is 2.33 bits per heavy atom. The first kappa shape index (κ1) is 21.6. The van der Waals surface area contributed by atoms with Gasteiger partial charge in [0.05, 0.1) is 32.1 Å². The molecule has 0 unspecified atom stereocenters. The zero-order valence-corrected chi connectivity index (χ0v) is 18.3. The summed E-state index contributed by atoms with van der Waals surface area (Å²) in [6.45, 7) is 0.207. The van der Waals surface area contributed by atoms with Gasteiger partial charge in [0.25, 0.3) is 5.91 Å². The van der Waals surface area contributed by atoms with E-state index in [9.17, 15) is 13.2 Å². The molecule has 0 aliphatic carbocycles. The number of methoxy groups -OCH3 is 2. The molecule has 156 valence electrons.